The smallest absolute Gasteiger partial charge is 0.132 e. The van der Waals surface area contributed by atoms with Crippen LogP contribution in [0.5, 0.6) is 0 Å². The molecule has 1 aromatic heterocycles. The van der Waals surface area contributed by atoms with Gasteiger partial charge >= 0.3 is 0 Å². The summed E-state index contributed by atoms with van der Waals surface area (Å²) in [7, 11) is 0. The molecular formula is C15H18BrN3. The van der Waals surface area contributed by atoms with Crippen molar-refractivity contribution in [2.45, 2.75) is 13.3 Å². The Hall–Kier alpha value is -1.13. The van der Waals surface area contributed by atoms with Crippen LogP contribution in [0.3, 0.4) is 0 Å². The van der Waals surface area contributed by atoms with E-state index in [4.69, 9.17) is 4.98 Å². The van der Waals surface area contributed by atoms with Gasteiger partial charge in [0.25, 0.3) is 0 Å². The van der Waals surface area contributed by atoms with Crippen molar-refractivity contribution in [1.82, 2.24) is 10.3 Å². The first-order valence-electron chi connectivity index (χ1n) is 6.83. The summed E-state index contributed by atoms with van der Waals surface area (Å²) in [6.07, 6.45) is 1.03. The molecule has 0 saturated carbocycles. The molecule has 0 atom stereocenters. The highest BCUT2D eigenvalue weighted by atomic mass is 79.9. The van der Waals surface area contributed by atoms with Crippen LogP contribution >= 0.6 is 15.9 Å². The molecule has 0 radical (unpaired) electrons. The predicted molar refractivity (Wildman–Crippen MR) is 83.9 cm³/mol. The van der Waals surface area contributed by atoms with Crippen molar-refractivity contribution in [1.29, 1.82) is 0 Å². The number of nitrogens with one attached hydrogen (secondary N) is 1. The maximum Gasteiger partial charge on any atom is 0.132 e. The minimum absolute atomic E-state index is 1.03. The van der Waals surface area contributed by atoms with Gasteiger partial charge in [0, 0.05) is 36.0 Å². The van der Waals surface area contributed by atoms with Crippen molar-refractivity contribution in [3.05, 3.63) is 34.3 Å². The normalized spacial score (nSPS) is 16.0. The van der Waals surface area contributed by atoms with Crippen LogP contribution in [0.25, 0.3) is 10.9 Å². The Morgan fingerprint density at radius 1 is 1.26 bits per heavy atom. The zero-order valence-electron chi connectivity index (χ0n) is 11.1. The van der Waals surface area contributed by atoms with Gasteiger partial charge in [-0.05, 0) is 30.2 Å². The number of halogens is 1. The van der Waals surface area contributed by atoms with E-state index in [2.05, 4.69) is 57.3 Å². The molecular weight excluding hydrogens is 302 g/mol. The lowest BCUT2D eigenvalue weighted by Crippen LogP contribution is -2.44. The third-order valence-electron chi connectivity index (χ3n) is 3.63. The van der Waals surface area contributed by atoms with Crippen LogP contribution in [0.2, 0.25) is 0 Å². The van der Waals surface area contributed by atoms with Crippen LogP contribution in [-0.4, -0.2) is 31.2 Å². The molecule has 0 bridgehead atoms. The highest BCUT2D eigenvalue weighted by molar-refractivity contribution is 9.10. The molecule has 0 aliphatic carbocycles. The molecule has 2 aromatic rings. The van der Waals surface area contributed by atoms with Crippen LogP contribution < -0.4 is 10.2 Å². The lowest BCUT2D eigenvalue weighted by Gasteiger charge is -2.30. The van der Waals surface area contributed by atoms with Gasteiger partial charge in [-0.3, -0.25) is 0 Å². The van der Waals surface area contributed by atoms with Gasteiger partial charge in [0.2, 0.25) is 0 Å². The highest BCUT2D eigenvalue weighted by Gasteiger charge is 2.15. The van der Waals surface area contributed by atoms with Gasteiger partial charge in [-0.1, -0.05) is 28.9 Å². The van der Waals surface area contributed by atoms with Crippen molar-refractivity contribution in [2.75, 3.05) is 31.1 Å². The van der Waals surface area contributed by atoms with Crippen LogP contribution in [0.4, 0.5) is 5.82 Å². The van der Waals surface area contributed by atoms with E-state index in [1.54, 1.807) is 0 Å². The molecule has 1 N–H and O–H groups in total. The summed E-state index contributed by atoms with van der Waals surface area (Å²) in [6, 6.07) is 8.59. The van der Waals surface area contributed by atoms with E-state index in [9.17, 15) is 0 Å². The summed E-state index contributed by atoms with van der Waals surface area (Å²) in [5, 5.41) is 4.61. The molecule has 3 nitrogen and oxygen atoms in total. The number of hydrogen-bond donors (Lipinski definition) is 1. The minimum Gasteiger partial charge on any atom is -0.354 e. The summed E-state index contributed by atoms with van der Waals surface area (Å²) >= 11 is 3.52. The largest absolute Gasteiger partial charge is 0.354 e. The maximum atomic E-state index is 4.90. The van der Waals surface area contributed by atoms with Gasteiger partial charge < -0.3 is 10.2 Å². The molecule has 1 fully saturated rings. The van der Waals surface area contributed by atoms with Crippen LogP contribution in [-0.2, 0) is 6.42 Å². The highest BCUT2D eigenvalue weighted by Crippen LogP contribution is 2.26. The number of aryl methyl sites for hydroxylation is 1. The second kappa shape index (κ2) is 5.47. The van der Waals surface area contributed by atoms with Crippen molar-refractivity contribution in [2.24, 2.45) is 0 Å². The van der Waals surface area contributed by atoms with Gasteiger partial charge in [0.05, 0.1) is 5.52 Å². The number of benzene rings is 1. The zero-order valence-corrected chi connectivity index (χ0v) is 12.7. The third-order valence-corrected chi connectivity index (χ3v) is 4.13. The molecule has 19 heavy (non-hydrogen) atoms. The Morgan fingerprint density at radius 3 is 2.79 bits per heavy atom. The number of nitrogens with zero attached hydrogens (tertiary/aromatic N) is 2. The number of piperazine rings is 1. The fourth-order valence-corrected chi connectivity index (χ4v) is 2.93. The Balaban J connectivity index is 2.10. The fraction of sp³-hybridized carbons (Fsp3) is 0.400. The lowest BCUT2D eigenvalue weighted by molar-refractivity contribution is 0.584. The Kier molecular flexibility index (Phi) is 3.71. The molecule has 1 aliphatic rings. The van der Waals surface area contributed by atoms with E-state index < -0.39 is 0 Å². The van der Waals surface area contributed by atoms with Crippen LogP contribution in [0, 0.1) is 0 Å². The number of aromatic nitrogens is 1. The quantitative estimate of drug-likeness (QED) is 0.922. The number of rotatable bonds is 2. The molecule has 2 heterocycles. The molecule has 0 unspecified atom stereocenters. The van der Waals surface area contributed by atoms with Gasteiger partial charge in [-0.2, -0.15) is 0 Å². The van der Waals surface area contributed by atoms with Crippen molar-refractivity contribution in [3.63, 3.8) is 0 Å². The summed E-state index contributed by atoms with van der Waals surface area (Å²) in [4.78, 5) is 7.30. The van der Waals surface area contributed by atoms with Gasteiger partial charge in [0.15, 0.2) is 0 Å². The molecule has 0 amide bonds. The van der Waals surface area contributed by atoms with Crippen molar-refractivity contribution < 1.29 is 0 Å². The van der Waals surface area contributed by atoms with Crippen molar-refractivity contribution in [3.8, 4) is 0 Å². The van der Waals surface area contributed by atoms with E-state index in [-0.39, 0.29) is 0 Å². The Bertz CT molecular complexity index is 591. The molecule has 3 rings (SSSR count). The summed E-state index contributed by atoms with van der Waals surface area (Å²) in [5.41, 5.74) is 2.41. The maximum absolute atomic E-state index is 4.90. The first kappa shape index (κ1) is 12.9. The van der Waals surface area contributed by atoms with E-state index in [1.165, 1.54) is 10.9 Å². The molecule has 100 valence electrons. The molecule has 1 aromatic carbocycles. The average molecular weight is 320 g/mol. The van der Waals surface area contributed by atoms with Crippen LogP contribution in [0.1, 0.15) is 12.5 Å². The predicted octanol–water partition coefficient (Wildman–Crippen LogP) is 2.97. The van der Waals surface area contributed by atoms with Gasteiger partial charge in [0.1, 0.15) is 5.82 Å². The van der Waals surface area contributed by atoms with Gasteiger partial charge in [-0.15, -0.1) is 0 Å². The van der Waals surface area contributed by atoms with Crippen molar-refractivity contribution >= 4 is 32.7 Å². The summed E-state index contributed by atoms with van der Waals surface area (Å²) in [5.74, 6) is 1.16. The lowest BCUT2D eigenvalue weighted by atomic mass is 10.1. The first-order valence-corrected chi connectivity index (χ1v) is 7.62. The van der Waals surface area contributed by atoms with E-state index in [0.29, 0.717) is 0 Å². The standard InChI is InChI=1S/C15H18BrN3/c1-2-11-9-12-3-4-13(16)10-14(12)18-15(11)19-7-5-17-6-8-19/h3-4,9-10,17H,2,5-8H2,1H3. The Labute approximate surface area is 122 Å². The Morgan fingerprint density at radius 2 is 2.05 bits per heavy atom. The van der Waals surface area contributed by atoms with E-state index >= 15 is 0 Å². The number of anilines is 1. The minimum atomic E-state index is 1.03. The number of fused-ring (bicyclic) bond motifs is 1. The monoisotopic (exact) mass is 319 g/mol. The fourth-order valence-electron chi connectivity index (χ4n) is 2.58. The molecule has 0 spiro atoms. The third kappa shape index (κ3) is 2.60. The first-order chi connectivity index (χ1) is 9.28. The van der Waals surface area contributed by atoms with Gasteiger partial charge in [-0.25, -0.2) is 4.98 Å². The van der Waals surface area contributed by atoms with Crippen LogP contribution in [0.15, 0.2) is 28.7 Å². The second-order valence-electron chi connectivity index (χ2n) is 4.90. The topological polar surface area (TPSA) is 28.2 Å². The molecule has 1 aliphatic heterocycles. The average Bonchev–Trinajstić information content (AvgIpc) is 2.46. The zero-order chi connectivity index (χ0) is 13.2. The summed E-state index contributed by atoms with van der Waals surface area (Å²) < 4.78 is 1.09. The second-order valence-corrected chi connectivity index (χ2v) is 5.81. The number of hydrogen-bond acceptors (Lipinski definition) is 3. The SMILES string of the molecule is CCc1cc2ccc(Br)cc2nc1N1CCNCC1. The summed E-state index contributed by atoms with van der Waals surface area (Å²) in [6.45, 7) is 6.37. The molecule has 1 saturated heterocycles. The number of pyridine rings is 1. The van der Waals surface area contributed by atoms with E-state index in [1.807, 2.05) is 0 Å². The van der Waals surface area contributed by atoms with E-state index in [0.717, 1.165) is 48.4 Å². The molecule has 4 heteroatoms.